The van der Waals surface area contributed by atoms with Crippen molar-refractivity contribution in [2.45, 2.75) is 13.8 Å². The molecule has 32 heavy (non-hydrogen) atoms. The van der Waals surface area contributed by atoms with Gasteiger partial charge in [0.15, 0.2) is 0 Å². The highest BCUT2D eigenvalue weighted by Crippen LogP contribution is 2.22. The summed E-state index contributed by atoms with van der Waals surface area (Å²) in [5.41, 5.74) is 5.31. The Kier molecular flexibility index (Phi) is 6.13. The van der Waals surface area contributed by atoms with Crippen LogP contribution in [0.25, 0.3) is 11.1 Å². The lowest BCUT2D eigenvalue weighted by Gasteiger charge is -2.08. The van der Waals surface area contributed by atoms with Gasteiger partial charge in [0.2, 0.25) is 0 Å². The number of rotatable bonds is 5. The molecule has 0 saturated carbocycles. The minimum absolute atomic E-state index is 0.368. The van der Waals surface area contributed by atoms with E-state index in [1.807, 2.05) is 38.1 Å². The van der Waals surface area contributed by atoms with E-state index in [-0.39, 0.29) is 0 Å². The van der Waals surface area contributed by atoms with Crippen molar-refractivity contribution in [1.82, 2.24) is 0 Å². The Hall–Kier alpha value is -4.18. The van der Waals surface area contributed by atoms with Gasteiger partial charge in [-0.1, -0.05) is 59.7 Å². The third kappa shape index (κ3) is 5.10. The second-order valence-electron chi connectivity index (χ2n) is 7.56. The molecule has 0 unspecified atom stereocenters. The lowest BCUT2D eigenvalue weighted by Crippen LogP contribution is -2.09. The second-order valence-corrected chi connectivity index (χ2v) is 7.56. The fourth-order valence-electron chi connectivity index (χ4n) is 3.14. The highest BCUT2D eigenvalue weighted by molar-refractivity contribution is 5.92. The van der Waals surface area contributed by atoms with E-state index in [1.165, 1.54) is 5.56 Å². The normalized spacial score (nSPS) is 10.4. The average molecular weight is 422 g/mol. The first-order valence-corrected chi connectivity index (χ1v) is 10.3. The zero-order valence-electron chi connectivity index (χ0n) is 17.9. The van der Waals surface area contributed by atoms with Crippen LogP contribution in [0, 0.1) is 13.8 Å². The Morgan fingerprint density at radius 1 is 0.469 bits per heavy atom. The molecule has 4 aromatic carbocycles. The van der Waals surface area contributed by atoms with Gasteiger partial charge in [0.25, 0.3) is 0 Å². The van der Waals surface area contributed by atoms with Gasteiger partial charge in [-0.05, 0) is 73.5 Å². The zero-order chi connectivity index (χ0) is 22.5. The van der Waals surface area contributed by atoms with Crippen LogP contribution < -0.4 is 9.47 Å². The van der Waals surface area contributed by atoms with Crippen molar-refractivity contribution in [2.24, 2.45) is 0 Å². The van der Waals surface area contributed by atoms with Gasteiger partial charge in [-0.3, -0.25) is 0 Å². The van der Waals surface area contributed by atoms with Crippen molar-refractivity contribution in [3.05, 3.63) is 119 Å². The average Bonchev–Trinajstić information content (AvgIpc) is 2.81. The molecular formula is C28H22O4. The molecule has 0 bridgehead atoms. The van der Waals surface area contributed by atoms with Gasteiger partial charge in [0.1, 0.15) is 11.5 Å². The summed E-state index contributed by atoms with van der Waals surface area (Å²) in [5, 5.41) is 0. The van der Waals surface area contributed by atoms with Crippen molar-refractivity contribution >= 4 is 11.9 Å². The molecule has 0 amide bonds. The fraction of sp³-hybridized carbons (Fsp3) is 0.0714. The van der Waals surface area contributed by atoms with Gasteiger partial charge in [-0.15, -0.1) is 0 Å². The highest BCUT2D eigenvalue weighted by atomic mass is 16.5. The maximum absolute atomic E-state index is 12.5. The van der Waals surface area contributed by atoms with Crippen LogP contribution in [0.15, 0.2) is 97.1 Å². The number of carbonyl (C=O) groups is 2. The minimum Gasteiger partial charge on any atom is -0.423 e. The molecule has 0 spiro atoms. The van der Waals surface area contributed by atoms with E-state index in [9.17, 15) is 9.59 Å². The molecule has 0 atom stereocenters. The number of esters is 2. The summed E-state index contributed by atoms with van der Waals surface area (Å²) in [5.74, 6) is -0.154. The molecule has 0 saturated heterocycles. The van der Waals surface area contributed by atoms with Gasteiger partial charge in [-0.25, -0.2) is 9.59 Å². The maximum Gasteiger partial charge on any atom is 0.343 e. The molecule has 0 aromatic heterocycles. The SMILES string of the molecule is Cc1ccc(C(=O)Oc2ccc(OC(=O)c3ccc(-c4ccc(C)cc4)cc3)cc2)cc1. The number of benzene rings is 4. The minimum atomic E-state index is -0.454. The van der Waals surface area contributed by atoms with Crippen LogP contribution in [0.5, 0.6) is 11.5 Å². The summed E-state index contributed by atoms with van der Waals surface area (Å²) in [6.45, 7) is 4.00. The number of hydrogen-bond acceptors (Lipinski definition) is 4. The standard InChI is InChI=1S/C28H22O4/c1-19-3-7-21(8-4-19)22-11-13-24(14-12-22)28(30)32-26-17-15-25(16-18-26)31-27(29)23-9-5-20(2)6-10-23/h3-18H,1-2H3. The first-order chi connectivity index (χ1) is 15.5. The maximum atomic E-state index is 12.5. The molecule has 158 valence electrons. The molecule has 0 radical (unpaired) electrons. The topological polar surface area (TPSA) is 52.6 Å². The monoisotopic (exact) mass is 422 g/mol. The summed E-state index contributed by atoms with van der Waals surface area (Å²) in [4.78, 5) is 24.7. The van der Waals surface area contributed by atoms with E-state index in [1.54, 1.807) is 48.5 Å². The van der Waals surface area contributed by atoms with Crippen molar-refractivity contribution < 1.29 is 19.1 Å². The molecule has 4 rings (SSSR count). The summed E-state index contributed by atoms with van der Waals surface area (Å²) in [6, 6.07) is 29.0. The lowest BCUT2D eigenvalue weighted by atomic mass is 10.0. The van der Waals surface area contributed by atoms with E-state index < -0.39 is 11.9 Å². The van der Waals surface area contributed by atoms with E-state index in [0.29, 0.717) is 22.6 Å². The van der Waals surface area contributed by atoms with E-state index in [0.717, 1.165) is 16.7 Å². The Morgan fingerprint density at radius 3 is 1.19 bits per heavy atom. The first kappa shape index (κ1) is 21.1. The number of carbonyl (C=O) groups excluding carboxylic acids is 2. The third-order valence-electron chi connectivity index (χ3n) is 5.04. The Labute approximate surface area is 187 Å². The van der Waals surface area contributed by atoms with Crippen molar-refractivity contribution in [1.29, 1.82) is 0 Å². The molecule has 0 fully saturated rings. The largest absolute Gasteiger partial charge is 0.423 e. The molecule has 4 aromatic rings. The summed E-state index contributed by atoms with van der Waals surface area (Å²) >= 11 is 0. The van der Waals surface area contributed by atoms with E-state index in [2.05, 4.69) is 24.3 Å². The van der Waals surface area contributed by atoms with Crippen molar-refractivity contribution in [3.63, 3.8) is 0 Å². The predicted octanol–water partition coefficient (Wildman–Crippen LogP) is 6.41. The van der Waals surface area contributed by atoms with Gasteiger partial charge < -0.3 is 9.47 Å². The van der Waals surface area contributed by atoms with Crippen LogP contribution >= 0.6 is 0 Å². The molecule has 0 aliphatic heterocycles. The van der Waals surface area contributed by atoms with Crippen LogP contribution in [-0.4, -0.2) is 11.9 Å². The lowest BCUT2D eigenvalue weighted by molar-refractivity contribution is 0.0719. The summed E-state index contributed by atoms with van der Waals surface area (Å²) < 4.78 is 10.8. The smallest absolute Gasteiger partial charge is 0.343 e. The molecule has 4 heteroatoms. The van der Waals surface area contributed by atoms with Gasteiger partial charge in [0, 0.05) is 0 Å². The predicted molar refractivity (Wildman–Crippen MR) is 124 cm³/mol. The van der Waals surface area contributed by atoms with Crippen LogP contribution in [0.1, 0.15) is 31.8 Å². The van der Waals surface area contributed by atoms with Crippen LogP contribution in [-0.2, 0) is 0 Å². The Morgan fingerprint density at radius 2 is 0.781 bits per heavy atom. The molecular weight excluding hydrogens is 400 g/mol. The molecule has 4 nitrogen and oxygen atoms in total. The molecule has 0 aliphatic rings. The number of aryl methyl sites for hydroxylation is 2. The van der Waals surface area contributed by atoms with Gasteiger partial charge >= 0.3 is 11.9 Å². The Balaban J connectivity index is 1.37. The quantitative estimate of drug-likeness (QED) is 0.275. The summed E-state index contributed by atoms with van der Waals surface area (Å²) in [6.07, 6.45) is 0. The fourth-order valence-corrected chi connectivity index (χ4v) is 3.14. The van der Waals surface area contributed by atoms with Crippen LogP contribution in [0.4, 0.5) is 0 Å². The van der Waals surface area contributed by atoms with Gasteiger partial charge in [0.05, 0.1) is 11.1 Å². The number of ether oxygens (including phenoxy) is 2. The van der Waals surface area contributed by atoms with Gasteiger partial charge in [-0.2, -0.15) is 0 Å². The number of hydrogen-bond donors (Lipinski definition) is 0. The van der Waals surface area contributed by atoms with E-state index >= 15 is 0 Å². The van der Waals surface area contributed by atoms with Crippen LogP contribution in [0.2, 0.25) is 0 Å². The molecule has 0 N–H and O–H groups in total. The molecule has 0 heterocycles. The molecule has 0 aliphatic carbocycles. The van der Waals surface area contributed by atoms with Crippen LogP contribution in [0.3, 0.4) is 0 Å². The highest BCUT2D eigenvalue weighted by Gasteiger charge is 2.11. The van der Waals surface area contributed by atoms with Crippen molar-refractivity contribution in [3.8, 4) is 22.6 Å². The van der Waals surface area contributed by atoms with Crippen molar-refractivity contribution in [2.75, 3.05) is 0 Å². The Bertz CT molecular complexity index is 1220. The summed E-state index contributed by atoms with van der Waals surface area (Å²) in [7, 11) is 0. The second kappa shape index (κ2) is 9.31. The third-order valence-corrected chi connectivity index (χ3v) is 5.04. The van der Waals surface area contributed by atoms with E-state index in [4.69, 9.17) is 9.47 Å². The first-order valence-electron chi connectivity index (χ1n) is 10.3. The zero-order valence-corrected chi connectivity index (χ0v) is 17.9.